The van der Waals surface area contributed by atoms with Gasteiger partial charge in [0, 0.05) is 0 Å². The lowest BCUT2D eigenvalue weighted by Crippen LogP contribution is -2.32. The van der Waals surface area contributed by atoms with E-state index in [2.05, 4.69) is 16.0 Å². The summed E-state index contributed by atoms with van der Waals surface area (Å²) in [5, 5.41) is 4.68. The van der Waals surface area contributed by atoms with Gasteiger partial charge in [-0.3, -0.25) is 4.79 Å². The van der Waals surface area contributed by atoms with E-state index in [1.54, 1.807) is 42.5 Å². The summed E-state index contributed by atoms with van der Waals surface area (Å²) < 4.78 is 6.03. The number of aromatic nitrogens is 2. The highest BCUT2D eigenvalue weighted by atomic mass is 35.5. The lowest BCUT2D eigenvalue weighted by Gasteiger charge is -2.05. The van der Waals surface area contributed by atoms with Crippen molar-refractivity contribution in [3.8, 4) is 18.1 Å². The summed E-state index contributed by atoms with van der Waals surface area (Å²) in [6, 6.07) is 11.6. The minimum absolute atomic E-state index is 0.106. The van der Waals surface area contributed by atoms with Crippen molar-refractivity contribution in [2.45, 2.75) is 0 Å². The topological polar surface area (TPSA) is 76.5 Å². The predicted molar refractivity (Wildman–Crippen MR) is 97.6 cm³/mol. The first-order valence-electron chi connectivity index (χ1n) is 7.24. The molecule has 124 valence electrons. The molecule has 1 aromatic heterocycles. The number of benzene rings is 2. The summed E-state index contributed by atoms with van der Waals surface area (Å²) in [7, 11) is 0. The molecule has 0 saturated heterocycles. The number of nitrogens with zero attached hydrogens (tertiary/aromatic N) is 2. The molecule has 0 fully saturated rings. The molecule has 0 unspecified atom stereocenters. The average molecular weight is 354 g/mol. The minimum Gasteiger partial charge on any atom is -0.479 e. The Balaban J connectivity index is 1.96. The fraction of sp³-hybridized carbons (Fsp3) is 0.0556. The van der Waals surface area contributed by atoms with E-state index >= 15 is 0 Å². The van der Waals surface area contributed by atoms with Crippen molar-refractivity contribution in [3.05, 3.63) is 73.9 Å². The van der Waals surface area contributed by atoms with Gasteiger partial charge < -0.3 is 9.72 Å². The zero-order chi connectivity index (χ0) is 17.8. The maximum atomic E-state index is 12.4. The highest BCUT2D eigenvalue weighted by molar-refractivity contribution is 6.32. The molecule has 3 aromatic rings. The molecule has 0 aliphatic rings. The number of ether oxygens (including phenoxy) is 1. The van der Waals surface area contributed by atoms with Crippen LogP contribution in [0.25, 0.3) is 10.9 Å². The smallest absolute Gasteiger partial charge is 0.349 e. The maximum Gasteiger partial charge on any atom is 0.349 e. The predicted octanol–water partition coefficient (Wildman–Crippen LogP) is 2.24. The number of fused-ring (bicyclic) bond motifs is 1. The Hall–Kier alpha value is -3.30. The summed E-state index contributed by atoms with van der Waals surface area (Å²) in [6.07, 6.45) is 6.50. The van der Waals surface area contributed by atoms with Gasteiger partial charge in [0.15, 0.2) is 0 Å². The van der Waals surface area contributed by atoms with Gasteiger partial charge in [0.05, 0.1) is 22.1 Å². The van der Waals surface area contributed by atoms with Gasteiger partial charge in [-0.05, 0) is 35.9 Å². The molecule has 3 rings (SSSR count). The molecule has 0 bridgehead atoms. The molecule has 6 nitrogen and oxygen atoms in total. The van der Waals surface area contributed by atoms with Gasteiger partial charge in [0.2, 0.25) is 0 Å². The van der Waals surface area contributed by atoms with Crippen molar-refractivity contribution < 1.29 is 4.74 Å². The van der Waals surface area contributed by atoms with Crippen molar-refractivity contribution >= 4 is 28.7 Å². The molecule has 0 aliphatic heterocycles. The number of aromatic amines is 1. The first kappa shape index (κ1) is 16.6. The summed E-state index contributed by atoms with van der Waals surface area (Å²) in [5.74, 6) is 2.79. The van der Waals surface area contributed by atoms with E-state index in [9.17, 15) is 9.59 Å². The molecular weight excluding hydrogens is 342 g/mol. The monoisotopic (exact) mass is 353 g/mol. The third kappa shape index (κ3) is 3.47. The second-order valence-corrected chi connectivity index (χ2v) is 5.43. The molecule has 0 aliphatic carbocycles. The summed E-state index contributed by atoms with van der Waals surface area (Å²) in [4.78, 5) is 27.0. The molecule has 0 amide bonds. The van der Waals surface area contributed by atoms with E-state index in [1.807, 2.05) is 0 Å². The number of nitrogens with one attached hydrogen (secondary N) is 1. The number of hydrogen-bond acceptors (Lipinski definition) is 4. The number of terminal acetylenes is 1. The molecule has 0 spiro atoms. The van der Waals surface area contributed by atoms with Gasteiger partial charge in [-0.1, -0.05) is 29.7 Å². The molecule has 25 heavy (non-hydrogen) atoms. The largest absolute Gasteiger partial charge is 0.479 e. The number of rotatable bonds is 4. The molecule has 2 aromatic carbocycles. The fourth-order valence-corrected chi connectivity index (χ4v) is 2.46. The van der Waals surface area contributed by atoms with Crippen LogP contribution < -0.4 is 16.0 Å². The van der Waals surface area contributed by atoms with E-state index in [4.69, 9.17) is 22.8 Å². The Bertz CT molecular complexity index is 1120. The molecule has 0 radical (unpaired) electrons. The van der Waals surface area contributed by atoms with Crippen LogP contribution in [0.15, 0.2) is 57.2 Å². The Kier molecular flexibility index (Phi) is 4.68. The average Bonchev–Trinajstić information content (AvgIpc) is 2.61. The third-order valence-electron chi connectivity index (χ3n) is 3.37. The van der Waals surface area contributed by atoms with Crippen molar-refractivity contribution in [2.24, 2.45) is 5.10 Å². The fourth-order valence-electron chi connectivity index (χ4n) is 2.22. The third-order valence-corrected chi connectivity index (χ3v) is 3.67. The van der Waals surface area contributed by atoms with E-state index in [-0.39, 0.29) is 6.61 Å². The highest BCUT2D eigenvalue weighted by Gasteiger charge is 2.06. The summed E-state index contributed by atoms with van der Waals surface area (Å²) in [6.45, 7) is 0.106. The SMILES string of the molecule is C#CCOc1ccc(C=Nn2c(=O)[nH]c3ccccc3c2=O)cc1Cl. The van der Waals surface area contributed by atoms with Crippen molar-refractivity contribution in [1.29, 1.82) is 0 Å². The van der Waals surface area contributed by atoms with Crippen LogP contribution in [0.1, 0.15) is 5.56 Å². The highest BCUT2D eigenvalue weighted by Crippen LogP contribution is 2.24. The minimum atomic E-state index is -0.625. The van der Waals surface area contributed by atoms with Gasteiger partial charge in [-0.2, -0.15) is 5.10 Å². The van der Waals surface area contributed by atoms with Gasteiger partial charge in [-0.25, -0.2) is 4.79 Å². The van der Waals surface area contributed by atoms with Crippen LogP contribution in [0, 0.1) is 12.3 Å². The van der Waals surface area contributed by atoms with Gasteiger partial charge in [0.1, 0.15) is 12.4 Å². The number of para-hydroxylation sites is 1. The first-order valence-corrected chi connectivity index (χ1v) is 7.62. The lowest BCUT2D eigenvalue weighted by molar-refractivity contribution is 0.370. The zero-order valence-electron chi connectivity index (χ0n) is 12.9. The zero-order valence-corrected chi connectivity index (χ0v) is 13.7. The van der Waals surface area contributed by atoms with Crippen LogP contribution in [0.5, 0.6) is 5.75 Å². The Morgan fingerprint density at radius 2 is 2.08 bits per heavy atom. The van der Waals surface area contributed by atoms with Gasteiger partial charge >= 0.3 is 5.69 Å². The Morgan fingerprint density at radius 3 is 2.84 bits per heavy atom. The molecule has 0 saturated carbocycles. The molecule has 0 atom stereocenters. The molecule has 1 heterocycles. The van der Waals surface area contributed by atoms with E-state index in [1.165, 1.54) is 6.21 Å². The van der Waals surface area contributed by atoms with E-state index in [0.29, 0.717) is 27.2 Å². The Labute approximate surface area is 147 Å². The van der Waals surface area contributed by atoms with Crippen LogP contribution >= 0.6 is 11.6 Å². The van der Waals surface area contributed by atoms with E-state index in [0.717, 1.165) is 4.68 Å². The second-order valence-electron chi connectivity index (χ2n) is 5.02. The lowest BCUT2D eigenvalue weighted by atomic mass is 10.2. The normalized spacial score (nSPS) is 10.9. The number of H-pyrrole nitrogens is 1. The van der Waals surface area contributed by atoms with Crippen LogP contribution in [0.2, 0.25) is 5.02 Å². The van der Waals surface area contributed by atoms with Crippen LogP contribution in [-0.2, 0) is 0 Å². The van der Waals surface area contributed by atoms with Crippen molar-refractivity contribution in [3.63, 3.8) is 0 Å². The molecular formula is C18H12ClN3O3. The van der Waals surface area contributed by atoms with Crippen LogP contribution in [0.3, 0.4) is 0 Å². The maximum absolute atomic E-state index is 12.4. The Morgan fingerprint density at radius 1 is 1.28 bits per heavy atom. The first-order chi connectivity index (χ1) is 12.1. The van der Waals surface area contributed by atoms with Gasteiger partial charge in [-0.15, -0.1) is 11.1 Å². The van der Waals surface area contributed by atoms with Crippen LogP contribution in [-0.4, -0.2) is 22.5 Å². The number of halogens is 1. The number of hydrogen-bond donors (Lipinski definition) is 1. The summed E-state index contributed by atoms with van der Waals surface area (Å²) >= 11 is 6.10. The van der Waals surface area contributed by atoms with Crippen molar-refractivity contribution in [1.82, 2.24) is 9.66 Å². The summed E-state index contributed by atoms with van der Waals surface area (Å²) in [5.41, 5.74) is -0.0739. The molecule has 1 N–H and O–H groups in total. The second kappa shape index (κ2) is 7.07. The standard InChI is InChI=1S/C18H12ClN3O3/c1-2-9-25-16-8-7-12(10-14(16)19)11-20-22-17(23)13-5-3-4-6-15(13)21-18(22)24/h1,3-8,10-11H,9H2,(H,21,24). The van der Waals surface area contributed by atoms with Gasteiger partial charge in [0.25, 0.3) is 5.56 Å². The van der Waals surface area contributed by atoms with E-state index < -0.39 is 11.2 Å². The quantitative estimate of drug-likeness (QED) is 0.577. The van der Waals surface area contributed by atoms with Crippen molar-refractivity contribution in [2.75, 3.05) is 6.61 Å². The molecule has 7 heteroatoms. The van der Waals surface area contributed by atoms with Crippen LogP contribution in [0.4, 0.5) is 0 Å².